The molecule has 0 bridgehead atoms. The molecule has 1 saturated carbocycles. The zero-order valence-electron chi connectivity index (χ0n) is 17.4. The van der Waals surface area contributed by atoms with E-state index < -0.39 is 17.2 Å². The van der Waals surface area contributed by atoms with Gasteiger partial charge in [-0.25, -0.2) is 4.39 Å². The third-order valence-corrected chi connectivity index (χ3v) is 5.87. The third kappa shape index (κ3) is 4.62. The SMILES string of the molecule is CCCOC1(C)CCC(O)(c2ccc(-c3ccc(OCC)c(F)c3F)cc2)CC1. The van der Waals surface area contributed by atoms with Gasteiger partial charge in [-0.15, -0.1) is 0 Å². The van der Waals surface area contributed by atoms with Crippen molar-refractivity contribution in [3.05, 3.63) is 53.6 Å². The van der Waals surface area contributed by atoms with E-state index in [9.17, 15) is 13.9 Å². The van der Waals surface area contributed by atoms with E-state index in [0.29, 0.717) is 18.4 Å². The van der Waals surface area contributed by atoms with Crippen molar-refractivity contribution < 1.29 is 23.4 Å². The van der Waals surface area contributed by atoms with E-state index in [1.165, 1.54) is 12.1 Å². The van der Waals surface area contributed by atoms with Crippen molar-refractivity contribution in [3.63, 3.8) is 0 Å². The molecule has 158 valence electrons. The number of hydrogen-bond donors (Lipinski definition) is 1. The van der Waals surface area contributed by atoms with Crippen molar-refractivity contribution in [2.24, 2.45) is 0 Å². The van der Waals surface area contributed by atoms with Gasteiger partial charge in [0.25, 0.3) is 0 Å². The van der Waals surface area contributed by atoms with Crippen LogP contribution in [0.15, 0.2) is 36.4 Å². The Morgan fingerprint density at radius 2 is 1.59 bits per heavy atom. The van der Waals surface area contributed by atoms with Crippen molar-refractivity contribution in [2.75, 3.05) is 13.2 Å². The number of hydrogen-bond acceptors (Lipinski definition) is 3. The van der Waals surface area contributed by atoms with Crippen LogP contribution < -0.4 is 4.74 Å². The molecule has 2 aromatic carbocycles. The first kappa shape index (κ1) is 21.7. The average Bonchev–Trinajstić information content (AvgIpc) is 2.73. The van der Waals surface area contributed by atoms with E-state index in [4.69, 9.17) is 9.47 Å². The lowest BCUT2D eigenvalue weighted by Crippen LogP contribution is -2.41. The van der Waals surface area contributed by atoms with Crippen molar-refractivity contribution in [1.29, 1.82) is 0 Å². The van der Waals surface area contributed by atoms with Crippen molar-refractivity contribution >= 4 is 0 Å². The topological polar surface area (TPSA) is 38.7 Å². The second kappa shape index (κ2) is 8.80. The van der Waals surface area contributed by atoms with E-state index in [1.807, 2.05) is 0 Å². The summed E-state index contributed by atoms with van der Waals surface area (Å²) in [6.07, 6.45) is 3.76. The van der Waals surface area contributed by atoms with Crippen LogP contribution in [0.5, 0.6) is 5.75 Å². The molecule has 1 fully saturated rings. The molecule has 5 heteroatoms. The van der Waals surface area contributed by atoms with E-state index in [-0.39, 0.29) is 23.5 Å². The van der Waals surface area contributed by atoms with Gasteiger partial charge in [0.05, 0.1) is 17.8 Å². The Balaban J connectivity index is 1.76. The third-order valence-electron chi connectivity index (χ3n) is 5.87. The molecule has 0 aromatic heterocycles. The summed E-state index contributed by atoms with van der Waals surface area (Å²) in [5.41, 5.74) is 0.421. The van der Waals surface area contributed by atoms with Gasteiger partial charge in [-0.05, 0) is 69.2 Å². The molecule has 0 saturated heterocycles. The zero-order valence-corrected chi connectivity index (χ0v) is 17.4. The molecular formula is C24H30F2O3. The number of rotatable bonds is 7. The molecule has 3 nitrogen and oxygen atoms in total. The fraction of sp³-hybridized carbons (Fsp3) is 0.500. The maximum absolute atomic E-state index is 14.5. The van der Waals surface area contributed by atoms with E-state index >= 15 is 0 Å². The lowest BCUT2D eigenvalue weighted by Gasteiger charge is -2.42. The van der Waals surface area contributed by atoms with E-state index in [1.54, 1.807) is 31.2 Å². The smallest absolute Gasteiger partial charge is 0.201 e. The normalized spacial score (nSPS) is 24.5. The average molecular weight is 404 g/mol. The second-order valence-electron chi connectivity index (χ2n) is 8.08. The van der Waals surface area contributed by atoms with Crippen LogP contribution in [0.2, 0.25) is 0 Å². The molecule has 0 aliphatic heterocycles. The number of halogens is 2. The summed E-state index contributed by atoms with van der Waals surface area (Å²) in [4.78, 5) is 0. The molecule has 0 spiro atoms. The van der Waals surface area contributed by atoms with Crippen molar-refractivity contribution in [2.45, 2.75) is 64.1 Å². The minimum Gasteiger partial charge on any atom is -0.491 e. The molecule has 29 heavy (non-hydrogen) atoms. The summed E-state index contributed by atoms with van der Waals surface area (Å²) >= 11 is 0. The van der Waals surface area contributed by atoms with Crippen molar-refractivity contribution in [3.8, 4) is 16.9 Å². The highest BCUT2D eigenvalue weighted by atomic mass is 19.2. The highest BCUT2D eigenvalue weighted by Gasteiger charge is 2.40. The quantitative estimate of drug-likeness (QED) is 0.617. The van der Waals surface area contributed by atoms with Crippen LogP contribution in [0.3, 0.4) is 0 Å². The Kier molecular flexibility index (Phi) is 6.59. The number of benzene rings is 2. The molecule has 1 aliphatic carbocycles. The van der Waals surface area contributed by atoms with Gasteiger partial charge in [0.1, 0.15) is 0 Å². The van der Waals surface area contributed by atoms with Crippen LogP contribution >= 0.6 is 0 Å². The maximum atomic E-state index is 14.5. The van der Waals surface area contributed by atoms with Crippen LogP contribution in [-0.2, 0) is 10.3 Å². The first-order valence-electron chi connectivity index (χ1n) is 10.4. The van der Waals surface area contributed by atoms with Gasteiger partial charge >= 0.3 is 0 Å². The monoisotopic (exact) mass is 404 g/mol. The van der Waals surface area contributed by atoms with Crippen LogP contribution in [0.1, 0.15) is 58.4 Å². The summed E-state index contributed by atoms with van der Waals surface area (Å²) in [5.74, 6) is -2.00. The highest BCUT2D eigenvalue weighted by Crippen LogP contribution is 2.43. The van der Waals surface area contributed by atoms with Crippen LogP contribution in [0, 0.1) is 11.6 Å². The predicted molar refractivity (Wildman–Crippen MR) is 110 cm³/mol. The highest BCUT2D eigenvalue weighted by molar-refractivity contribution is 5.65. The summed E-state index contributed by atoms with van der Waals surface area (Å²) in [7, 11) is 0. The summed E-state index contributed by atoms with van der Waals surface area (Å²) in [6, 6.07) is 10.0. The molecule has 1 N–H and O–H groups in total. The van der Waals surface area contributed by atoms with Gasteiger partial charge in [0, 0.05) is 12.2 Å². The van der Waals surface area contributed by atoms with Crippen LogP contribution in [0.25, 0.3) is 11.1 Å². The van der Waals surface area contributed by atoms with Gasteiger partial charge < -0.3 is 14.6 Å². The first-order valence-corrected chi connectivity index (χ1v) is 10.4. The van der Waals surface area contributed by atoms with Crippen molar-refractivity contribution in [1.82, 2.24) is 0 Å². The Bertz CT molecular complexity index is 825. The molecule has 2 aromatic rings. The zero-order chi connectivity index (χ0) is 21.1. The van der Waals surface area contributed by atoms with Crippen LogP contribution in [-0.4, -0.2) is 23.9 Å². The van der Waals surface area contributed by atoms with Gasteiger partial charge in [-0.1, -0.05) is 31.2 Å². The molecule has 0 radical (unpaired) electrons. The second-order valence-corrected chi connectivity index (χ2v) is 8.08. The Labute approximate surface area is 171 Å². The van der Waals surface area contributed by atoms with Crippen LogP contribution in [0.4, 0.5) is 8.78 Å². The molecule has 3 rings (SSSR count). The van der Waals surface area contributed by atoms with Gasteiger partial charge in [-0.2, -0.15) is 4.39 Å². The lowest BCUT2D eigenvalue weighted by molar-refractivity contribution is -0.110. The standard InChI is InChI=1S/C24H30F2O3/c1-4-16-29-23(3)12-14-24(27,15-13-23)18-8-6-17(7-9-18)19-10-11-20(28-5-2)22(26)21(19)25/h6-11,27H,4-5,12-16H2,1-3H3. The fourth-order valence-electron chi connectivity index (χ4n) is 3.96. The minimum absolute atomic E-state index is 0.0878. The molecule has 0 heterocycles. The summed E-state index contributed by atoms with van der Waals surface area (Å²) in [5, 5.41) is 11.1. The number of aliphatic hydroxyl groups is 1. The lowest BCUT2D eigenvalue weighted by atomic mass is 9.73. The molecule has 0 atom stereocenters. The molecule has 0 unspecified atom stereocenters. The van der Waals surface area contributed by atoms with E-state index in [2.05, 4.69) is 13.8 Å². The molecule has 0 amide bonds. The van der Waals surface area contributed by atoms with Gasteiger partial charge in [-0.3, -0.25) is 0 Å². The summed E-state index contributed by atoms with van der Waals surface area (Å²) in [6.45, 7) is 6.91. The predicted octanol–water partition coefficient (Wildman–Crippen LogP) is 5.98. The van der Waals surface area contributed by atoms with Gasteiger partial charge in [0.2, 0.25) is 5.82 Å². The molecular weight excluding hydrogens is 374 g/mol. The Morgan fingerprint density at radius 1 is 0.931 bits per heavy atom. The maximum Gasteiger partial charge on any atom is 0.201 e. The van der Waals surface area contributed by atoms with Gasteiger partial charge in [0.15, 0.2) is 11.6 Å². The first-order chi connectivity index (χ1) is 13.8. The summed E-state index contributed by atoms with van der Waals surface area (Å²) < 4.78 is 39.7. The Hall–Kier alpha value is -1.98. The number of ether oxygens (including phenoxy) is 2. The largest absolute Gasteiger partial charge is 0.491 e. The van der Waals surface area contributed by atoms with E-state index in [0.717, 1.165) is 31.4 Å². The Morgan fingerprint density at radius 3 is 2.17 bits per heavy atom. The minimum atomic E-state index is -0.981. The molecule has 1 aliphatic rings. The fourth-order valence-corrected chi connectivity index (χ4v) is 3.96.